The van der Waals surface area contributed by atoms with E-state index < -0.39 is 40.2 Å². The number of anilines is 1. The maximum Gasteiger partial charge on any atom is 0.264 e. The molecule has 40 heavy (non-hydrogen) atoms. The van der Waals surface area contributed by atoms with E-state index in [1.54, 1.807) is 37.3 Å². The summed E-state index contributed by atoms with van der Waals surface area (Å²) in [6.07, 6.45) is 4.07. The molecule has 0 saturated heterocycles. The Morgan fingerprint density at radius 2 is 1.48 bits per heavy atom. The molecule has 1 atom stereocenters. The van der Waals surface area contributed by atoms with Gasteiger partial charge in [-0.25, -0.2) is 17.2 Å². The van der Waals surface area contributed by atoms with Gasteiger partial charge in [0.25, 0.3) is 10.0 Å². The number of benzene rings is 3. The summed E-state index contributed by atoms with van der Waals surface area (Å²) in [4.78, 5) is 28.5. The van der Waals surface area contributed by atoms with Crippen molar-refractivity contribution in [2.24, 2.45) is 0 Å². The van der Waals surface area contributed by atoms with E-state index in [0.29, 0.717) is 12.0 Å². The van der Waals surface area contributed by atoms with Gasteiger partial charge in [-0.1, -0.05) is 50.1 Å². The first-order chi connectivity index (χ1) is 19.2. The van der Waals surface area contributed by atoms with Crippen LogP contribution in [-0.2, 0) is 26.2 Å². The van der Waals surface area contributed by atoms with Crippen molar-refractivity contribution in [2.45, 2.75) is 62.6 Å². The molecule has 10 heteroatoms. The van der Waals surface area contributed by atoms with E-state index in [1.165, 1.54) is 29.2 Å². The number of nitrogens with zero attached hydrogens (tertiary/aromatic N) is 2. The topological polar surface area (TPSA) is 86.8 Å². The third-order valence-corrected chi connectivity index (χ3v) is 8.87. The van der Waals surface area contributed by atoms with E-state index in [-0.39, 0.29) is 29.1 Å². The SMILES string of the molecule is CC[C@H](C(=O)NC1CCCC1)N(Cc1ccc(F)cc1)C(=O)CN(c1ccccc1)S(=O)(=O)c1ccc(F)cc1. The summed E-state index contributed by atoms with van der Waals surface area (Å²) in [6, 6.07) is 17.3. The Bertz CT molecular complexity index is 1400. The number of sulfonamides is 1. The van der Waals surface area contributed by atoms with Crippen LogP contribution in [0.15, 0.2) is 83.8 Å². The Kier molecular flexibility index (Phi) is 9.52. The highest BCUT2D eigenvalue weighted by Crippen LogP contribution is 2.25. The molecular weight excluding hydrogens is 536 g/mol. The average Bonchev–Trinajstić information content (AvgIpc) is 3.46. The number of rotatable bonds is 11. The highest BCUT2D eigenvalue weighted by atomic mass is 32.2. The third-order valence-electron chi connectivity index (χ3n) is 7.08. The van der Waals surface area contributed by atoms with E-state index in [9.17, 15) is 26.8 Å². The molecule has 0 aromatic heterocycles. The molecule has 2 amide bonds. The van der Waals surface area contributed by atoms with Crippen molar-refractivity contribution in [3.63, 3.8) is 0 Å². The molecule has 3 aromatic carbocycles. The first kappa shape index (κ1) is 29.2. The average molecular weight is 570 g/mol. The molecule has 7 nitrogen and oxygen atoms in total. The van der Waals surface area contributed by atoms with Gasteiger partial charge < -0.3 is 10.2 Å². The van der Waals surface area contributed by atoms with Gasteiger partial charge in [0.05, 0.1) is 10.6 Å². The van der Waals surface area contributed by atoms with Gasteiger partial charge in [0.2, 0.25) is 11.8 Å². The molecule has 1 saturated carbocycles. The number of nitrogens with one attached hydrogen (secondary N) is 1. The quantitative estimate of drug-likeness (QED) is 0.351. The number of hydrogen-bond donors (Lipinski definition) is 1. The van der Waals surface area contributed by atoms with Crippen LogP contribution in [0.3, 0.4) is 0 Å². The monoisotopic (exact) mass is 569 g/mol. The van der Waals surface area contributed by atoms with Crippen LogP contribution in [0, 0.1) is 11.6 Å². The van der Waals surface area contributed by atoms with Crippen LogP contribution in [0.25, 0.3) is 0 Å². The first-order valence-electron chi connectivity index (χ1n) is 13.4. The number of para-hydroxylation sites is 1. The standard InChI is InChI=1S/C30H33F2N3O4S/c1-2-28(30(37)33-25-8-6-7-9-25)34(20-22-12-14-23(31)15-13-22)29(36)21-35(26-10-4-3-5-11-26)40(38,39)27-18-16-24(32)17-19-27/h3-5,10-19,25,28H,2,6-9,20-21H2,1H3,(H,33,37)/t28-/m1/s1. The van der Waals surface area contributed by atoms with Gasteiger partial charge in [0.1, 0.15) is 24.2 Å². The van der Waals surface area contributed by atoms with Crippen LogP contribution in [0.2, 0.25) is 0 Å². The van der Waals surface area contributed by atoms with Crippen molar-refractivity contribution < 1.29 is 26.8 Å². The normalized spacial score (nSPS) is 14.5. The fourth-order valence-electron chi connectivity index (χ4n) is 4.93. The maximum atomic E-state index is 14.0. The molecule has 1 aliphatic carbocycles. The summed E-state index contributed by atoms with van der Waals surface area (Å²) in [6.45, 7) is 1.17. The van der Waals surface area contributed by atoms with Crippen LogP contribution < -0.4 is 9.62 Å². The Hall–Kier alpha value is -3.79. The smallest absolute Gasteiger partial charge is 0.264 e. The fourth-order valence-corrected chi connectivity index (χ4v) is 6.34. The van der Waals surface area contributed by atoms with Crippen molar-refractivity contribution >= 4 is 27.5 Å². The van der Waals surface area contributed by atoms with Crippen LogP contribution in [-0.4, -0.2) is 43.8 Å². The summed E-state index contributed by atoms with van der Waals surface area (Å²) in [7, 11) is -4.28. The van der Waals surface area contributed by atoms with Crippen molar-refractivity contribution in [2.75, 3.05) is 10.8 Å². The van der Waals surface area contributed by atoms with E-state index in [2.05, 4.69) is 5.32 Å². The summed E-state index contributed by atoms with van der Waals surface area (Å²) in [5, 5.41) is 3.05. The molecule has 0 aliphatic heterocycles. The highest BCUT2D eigenvalue weighted by molar-refractivity contribution is 7.92. The predicted octanol–water partition coefficient (Wildman–Crippen LogP) is 5.03. The lowest BCUT2D eigenvalue weighted by atomic mass is 10.1. The minimum Gasteiger partial charge on any atom is -0.352 e. The van der Waals surface area contributed by atoms with Crippen LogP contribution >= 0.6 is 0 Å². The van der Waals surface area contributed by atoms with E-state index in [0.717, 1.165) is 54.3 Å². The Morgan fingerprint density at radius 1 is 0.900 bits per heavy atom. The molecule has 212 valence electrons. The number of carbonyl (C=O) groups excluding carboxylic acids is 2. The lowest BCUT2D eigenvalue weighted by molar-refractivity contribution is -0.140. The molecule has 0 heterocycles. The van der Waals surface area contributed by atoms with Crippen molar-refractivity contribution in [1.82, 2.24) is 10.2 Å². The second-order valence-electron chi connectivity index (χ2n) is 9.86. The van der Waals surface area contributed by atoms with Gasteiger partial charge in [-0.3, -0.25) is 13.9 Å². The largest absolute Gasteiger partial charge is 0.352 e. The van der Waals surface area contributed by atoms with Crippen molar-refractivity contribution in [3.05, 3.63) is 96.1 Å². The van der Waals surface area contributed by atoms with Gasteiger partial charge in [-0.2, -0.15) is 0 Å². The summed E-state index contributed by atoms with van der Waals surface area (Å²) >= 11 is 0. The van der Waals surface area contributed by atoms with Gasteiger partial charge >= 0.3 is 0 Å². The van der Waals surface area contributed by atoms with Gasteiger partial charge in [-0.05, 0) is 73.4 Å². The minimum atomic E-state index is -4.28. The molecule has 0 spiro atoms. The molecule has 3 aromatic rings. The zero-order valence-corrected chi connectivity index (χ0v) is 23.1. The second-order valence-corrected chi connectivity index (χ2v) is 11.7. The van der Waals surface area contributed by atoms with Crippen LogP contribution in [0.5, 0.6) is 0 Å². The van der Waals surface area contributed by atoms with Crippen LogP contribution in [0.4, 0.5) is 14.5 Å². The molecule has 0 bridgehead atoms. The predicted molar refractivity (Wildman–Crippen MR) is 149 cm³/mol. The van der Waals surface area contributed by atoms with Crippen molar-refractivity contribution in [3.8, 4) is 0 Å². The van der Waals surface area contributed by atoms with E-state index in [4.69, 9.17) is 0 Å². The summed E-state index contributed by atoms with van der Waals surface area (Å²) in [5.41, 5.74) is 0.833. The second kappa shape index (κ2) is 13.0. The Balaban J connectivity index is 1.68. The Morgan fingerprint density at radius 3 is 2.05 bits per heavy atom. The number of hydrogen-bond acceptors (Lipinski definition) is 4. The minimum absolute atomic E-state index is 0.0189. The van der Waals surface area contributed by atoms with Gasteiger partial charge in [0, 0.05) is 12.6 Å². The Labute approximate surface area is 233 Å². The molecule has 1 fully saturated rings. The first-order valence-corrected chi connectivity index (χ1v) is 14.8. The highest BCUT2D eigenvalue weighted by Gasteiger charge is 2.34. The van der Waals surface area contributed by atoms with Crippen molar-refractivity contribution in [1.29, 1.82) is 0 Å². The van der Waals surface area contributed by atoms with E-state index in [1.807, 2.05) is 0 Å². The molecule has 0 unspecified atom stereocenters. The maximum absolute atomic E-state index is 14.0. The zero-order chi connectivity index (χ0) is 28.7. The number of amides is 2. The summed E-state index contributed by atoms with van der Waals surface area (Å²) in [5.74, 6) is -1.94. The molecule has 1 aliphatic rings. The van der Waals surface area contributed by atoms with Crippen LogP contribution in [0.1, 0.15) is 44.6 Å². The number of halogens is 2. The summed E-state index contributed by atoms with van der Waals surface area (Å²) < 4.78 is 55.6. The fraction of sp³-hybridized carbons (Fsp3) is 0.333. The third kappa shape index (κ3) is 7.04. The van der Waals surface area contributed by atoms with Gasteiger partial charge in [-0.15, -0.1) is 0 Å². The van der Waals surface area contributed by atoms with Gasteiger partial charge in [0.15, 0.2) is 0 Å². The lowest BCUT2D eigenvalue weighted by Gasteiger charge is -2.33. The molecular formula is C30H33F2N3O4S. The molecule has 4 rings (SSSR count). The number of carbonyl (C=O) groups is 2. The molecule has 1 N–H and O–H groups in total. The molecule has 0 radical (unpaired) electrons. The zero-order valence-electron chi connectivity index (χ0n) is 22.3. The lowest BCUT2D eigenvalue weighted by Crippen LogP contribution is -2.53. The van der Waals surface area contributed by atoms with E-state index >= 15 is 0 Å².